The number of phenols is 1. The van der Waals surface area contributed by atoms with Crippen LogP contribution < -0.4 is 10.1 Å². The van der Waals surface area contributed by atoms with Crippen molar-refractivity contribution >= 4 is 5.91 Å². The summed E-state index contributed by atoms with van der Waals surface area (Å²) in [5.41, 5.74) is 1.00. The molecule has 0 aliphatic rings. The third kappa shape index (κ3) is 4.79. The summed E-state index contributed by atoms with van der Waals surface area (Å²) in [4.78, 5) is 13.6. The summed E-state index contributed by atoms with van der Waals surface area (Å²) in [6.07, 6.45) is 0. The highest BCUT2D eigenvalue weighted by atomic mass is 16.5. The molecule has 0 fully saturated rings. The number of ether oxygens (including phenoxy) is 1. The zero-order valence-electron chi connectivity index (χ0n) is 11.8. The minimum atomic E-state index is 0.0232. The third-order valence-electron chi connectivity index (χ3n) is 2.84. The van der Waals surface area contributed by atoms with E-state index in [1.54, 1.807) is 12.1 Å². The minimum Gasteiger partial charge on any atom is -0.504 e. The lowest BCUT2D eigenvalue weighted by molar-refractivity contribution is -0.122. The fraction of sp³-hybridized carbons (Fsp3) is 0.500. The Kier molecular flexibility index (Phi) is 6.15. The average Bonchev–Trinajstić information content (AvgIpc) is 2.40. The summed E-state index contributed by atoms with van der Waals surface area (Å²) in [7, 11) is 1.52. The number of nitrogens with zero attached hydrogens (tertiary/aromatic N) is 1. The van der Waals surface area contributed by atoms with Crippen molar-refractivity contribution in [2.75, 3.05) is 26.7 Å². The van der Waals surface area contributed by atoms with E-state index in [-0.39, 0.29) is 11.7 Å². The number of carbonyl (C=O) groups excluding carboxylic acids is 1. The number of carbonyl (C=O) groups is 1. The third-order valence-corrected chi connectivity index (χ3v) is 2.84. The van der Waals surface area contributed by atoms with Crippen molar-refractivity contribution in [3.05, 3.63) is 23.8 Å². The number of benzene rings is 1. The first-order valence-electron chi connectivity index (χ1n) is 6.45. The van der Waals surface area contributed by atoms with Gasteiger partial charge in [0.25, 0.3) is 0 Å². The maximum absolute atomic E-state index is 11.6. The number of amides is 1. The molecule has 0 aliphatic carbocycles. The topological polar surface area (TPSA) is 61.8 Å². The molecule has 1 aromatic rings. The molecule has 0 saturated carbocycles. The first-order chi connectivity index (χ1) is 9.10. The van der Waals surface area contributed by atoms with Crippen molar-refractivity contribution in [3.8, 4) is 11.5 Å². The highest BCUT2D eigenvalue weighted by Gasteiger charge is 2.10. The van der Waals surface area contributed by atoms with Crippen molar-refractivity contribution in [2.45, 2.75) is 20.4 Å². The van der Waals surface area contributed by atoms with E-state index < -0.39 is 0 Å². The maximum atomic E-state index is 11.6. The van der Waals surface area contributed by atoms with Crippen LogP contribution in [0.4, 0.5) is 0 Å². The van der Waals surface area contributed by atoms with Crippen molar-refractivity contribution in [2.24, 2.45) is 0 Å². The summed E-state index contributed by atoms with van der Waals surface area (Å²) in [5.74, 6) is 0.597. The number of rotatable bonds is 7. The van der Waals surface area contributed by atoms with Crippen molar-refractivity contribution in [1.29, 1.82) is 0 Å². The molecule has 0 bridgehead atoms. The fourth-order valence-electron chi connectivity index (χ4n) is 1.81. The zero-order chi connectivity index (χ0) is 14.3. The Hall–Kier alpha value is -1.75. The van der Waals surface area contributed by atoms with Gasteiger partial charge in [0.15, 0.2) is 11.5 Å². The van der Waals surface area contributed by atoms with E-state index in [0.29, 0.717) is 25.4 Å². The Balaban J connectivity index is 2.67. The monoisotopic (exact) mass is 266 g/mol. The van der Waals surface area contributed by atoms with Gasteiger partial charge in [0.05, 0.1) is 13.7 Å². The van der Waals surface area contributed by atoms with Crippen LogP contribution >= 0.6 is 0 Å². The van der Waals surface area contributed by atoms with E-state index in [0.717, 1.165) is 12.1 Å². The number of phenolic OH excluding ortho intramolecular Hbond substituents is 1. The summed E-state index contributed by atoms with van der Waals surface area (Å²) in [6, 6.07) is 5.22. The van der Waals surface area contributed by atoms with Gasteiger partial charge in [-0.05, 0) is 31.2 Å². The van der Waals surface area contributed by atoms with Gasteiger partial charge in [-0.15, -0.1) is 0 Å². The van der Waals surface area contributed by atoms with Crippen molar-refractivity contribution in [1.82, 2.24) is 10.2 Å². The molecule has 0 unspecified atom stereocenters. The molecule has 5 heteroatoms. The molecule has 0 heterocycles. The van der Waals surface area contributed by atoms with Crippen LogP contribution in [-0.2, 0) is 11.3 Å². The molecular weight excluding hydrogens is 244 g/mol. The van der Waals surface area contributed by atoms with Gasteiger partial charge in [0.1, 0.15) is 0 Å². The molecule has 0 saturated heterocycles. The van der Waals surface area contributed by atoms with Gasteiger partial charge in [-0.1, -0.05) is 13.0 Å². The molecule has 5 nitrogen and oxygen atoms in total. The molecule has 2 N–H and O–H groups in total. The van der Waals surface area contributed by atoms with E-state index in [2.05, 4.69) is 5.32 Å². The fourth-order valence-corrected chi connectivity index (χ4v) is 1.81. The second-order valence-corrected chi connectivity index (χ2v) is 4.26. The van der Waals surface area contributed by atoms with Crippen LogP contribution in [0.5, 0.6) is 11.5 Å². The molecule has 19 heavy (non-hydrogen) atoms. The Bertz CT molecular complexity index is 421. The van der Waals surface area contributed by atoms with Crippen LogP contribution in [0.2, 0.25) is 0 Å². The molecule has 0 spiro atoms. The van der Waals surface area contributed by atoms with Crippen molar-refractivity contribution < 1.29 is 14.6 Å². The lowest BCUT2D eigenvalue weighted by Crippen LogP contribution is -2.36. The van der Waals surface area contributed by atoms with Crippen LogP contribution in [-0.4, -0.2) is 42.7 Å². The van der Waals surface area contributed by atoms with Gasteiger partial charge in [-0.3, -0.25) is 9.69 Å². The SMILES string of the molecule is CCNC(=O)CN(CC)Cc1ccc(O)c(OC)c1. The summed E-state index contributed by atoms with van der Waals surface area (Å²) < 4.78 is 5.07. The molecule has 0 aromatic heterocycles. The second-order valence-electron chi connectivity index (χ2n) is 4.26. The number of hydrogen-bond donors (Lipinski definition) is 2. The van der Waals surface area contributed by atoms with E-state index >= 15 is 0 Å². The molecule has 0 aliphatic heterocycles. The predicted octanol–water partition coefficient (Wildman–Crippen LogP) is 1.36. The quantitative estimate of drug-likeness (QED) is 0.782. The molecule has 0 atom stereocenters. The molecular formula is C14H22N2O3. The second kappa shape index (κ2) is 7.63. The van der Waals surface area contributed by atoms with Gasteiger partial charge in [-0.25, -0.2) is 0 Å². The molecule has 1 rings (SSSR count). The zero-order valence-corrected chi connectivity index (χ0v) is 11.8. The first-order valence-corrected chi connectivity index (χ1v) is 6.45. The normalized spacial score (nSPS) is 10.5. The van der Waals surface area contributed by atoms with E-state index in [9.17, 15) is 9.90 Å². The maximum Gasteiger partial charge on any atom is 0.234 e. The van der Waals surface area contributed by atoms with Crippen LogP contribution in [0, 0.1) is 0 Å². The molecule has 1 aromatic carbocycles. The lowest BCUT2D eigenvalue weighted by Gasteiger charge is -2.20. The molecule has 0 radical (unpaired) electrons. The van der Waals surface area contributed by atoms with Crippen molar-refractivity contribution in [3.63, 3.8) is 0 Å². The highest BCUT2D eigenvalue weighted by molar-refractivity contribution is 5.77. The lowest BCUT2D eigenvalue weighted by atomic mass is 10.2. The standard InChI is InChI=1S/C14H22N2O3/c1-4-15-14(18)10-16(5-2)9-11-6-7-12(17)13(8-11)19-3/h6-8,17H,4-5,9-10H2,1-3H3,(H,15,18). The number of nitrogens with one attached hydrogen (secondary N) is 1. The number of hydrogen-bond acceptors (Lipinski definition) is 4. The first kappa shape index (κ1) is 15.3. The predicted molar refractivity (Wildman–Crippen MR) is 74.3 cm³/mol. The van der Waals surface area contributed by atoms with Gasteiger partial charge in [0.2, 0.25) is 5.91 Å². The Morgan fingerprint density at radius 1 is 1.42 bits per heavy atom. The van der Waals surface area contributed by atoms with E-state index in [1.807, 2.05) is 24.8 Å². The van der Waals surface area contributed by atoms with E-state index in [1.165, 1.54) is 7.11 Å². The van der Waals surface area contributed by atoms with Crippen LogP contribution in [0.25, 0.3) is 0 Å². The van der Waals surface area contributed by atoms with Crippen LogP contribution in [0.1, 0.15) is 19.4 Å². The van der Waals surface area contributed by atoms with Crippen LogP contribution in [0.15, 0.2) is 18.2 Å². The molecule has 106 valence electrons. The Morgan fingerprint density at radius 2 is 2.16 bits per heavy atom. The Labute approximate surface area is 114 Å². The highest BCUT2D eigenvalue weighted by Crippen LogP contribution is 2.26. The summed E-state index contributed by atoms with van der Waals surface area (Å²) in [6.45, 7) is 6.34. The number of likely N-dealkylation sites (N-methyl/N-ethyl adjacent to an activating group) is 2. The van der Waals surface area contributed by atoms with Gasteiger partial charge in [-0.2, -0.15) is 0 Å². The average molecular weight is 266 g/mol. The van der Waals surface area contributed by atoms with E-state index in [4.69, 9.17) is 4.74 Å². The minimum absolute atomic E-state index is 0.0232. The van der Waals surface area contributed by atoms with Gasteiger partial charge < -0.3 is 15.2 Å². The smallest absolute Gasteiger partial charge is 0.234 e. The van der Waals surface area contributed by atoms with Crippen LogP contribution in [0.3, 0.4) is 0 Å². The largest absolute Gasteiger partial charge is 0.504 e. The van der Waals surface area contributed by atoms with Gasteiger partial charge in [0, 0.05) is 13.1 Å². The summed E-state index contributed by atoms with van der Waals surface area (Å²) in [5, 5.41) is 12.3. The molecule has 1 amide bonds. The number of aromatic hydroxyl groups is 1. The Morgan fingerprint density at radius 3 is 2.74 bits per heavy atom. The van der Waals surface area contributed by atoms with Gasteiger partial charge >= 0.3 is 0 Å². The number of methoxy groups -OCH3 is 1. The summed E-state index contributed by atoms with van der Waals surface area (Å²) >= 11 is 0.